The minimum atomic E-state index is 0.0525. The van der Waals surface area contributed by atoms with Gasteiger partial charge in [-0.2, -0.15) is 0 Å². The van der Waals surface area contributed by atoms with Crippen molar-refractivity contribution in [3.63, 3.8) is 0 Å². The lowest BCUT2D eigenvalue weighted by Gasteiger charge is -2.39. The normalized spacial score (nSPS) is 21.5. The average molecular weight is 295 g/mol. The molecule has 1 saturated carbocycles. The van der Waals surface area contributed by atoms with E-state index in [1.807, 2.05) is 0 Å². The summed E-state index contributed by atoms with van der Waals surface area (Å²) in [6.45, 7) is 4.37. The second kappa shape index (κ2) is 5.65. The van der Waals surface area contributed by atoms with E-state index in [2.05, 4.69) is 13.8 Å². The van der Waals surface area contributed by atoms with Crippen molar-refractivity contribution < 1.29 is 4.79 Å². The summed E-state index contributed by atoms with van der Waals surface area (Å²) in [5.41, 5.74) is 7.31. The van der Waals surface area contributed by atoms with Crippen LogP contribution in [0.3, 0.4) is 0 Å². The molecule has 0 aromatic heterocycles. The largest absolute Gasteiger partial charge is 0.397 e. The first-order chi connectivity index (χ1) is 9.33. The lowest BCUT2D eigenvalue weighted by Crippen LogP contribution is -2.42. The quantitative estimate of drug-likeness (QED) is 0.835. The van der Waals surface area contributed by atoms with E-state index in [1.54, 1.807) is 30.1 Å². The van der Waals surface area contributed by atoms with E-state index >= 15 is 0 Å². The highest BCUT2D eigenvalue weighted by Crippen LogP contribution is 2.42. The smallest absolute Gasteiger partial charge is 0.230 e. The Morgan fingerprint density at radius 1 is 1.40 bits per heavy atom. The molecule has 3 nitrogen and oxygen atoms in total. The van der Waals surface area contributed by atoms with Gasteiger partial charge in [0.15, 0.2) is 0 Å². The van der Waals surface area contributed by atoms with E-state index in [0.717, 1.165) is 19.3 Å². The van der Waals surface area contributed by atoms with Crippen LogP contribution in [0.15, 0.2) is 18.2 Å². The molecule has 1 unspecified atom stereocenters. The summed E-state index contributed by atoms with van der Waals surface area (Å²) in [5, 5.41) is 0.594. The summed E-state index contributed by atoms with van der Waals surface area (Å²) in [4.78, 5) is 14.5. The van der Waals surface area contributed by atoms with E-state index in [1.165, 1.54) is 6.42 Å². The van der Waals surface area contributed by atoms with E-state index in [4.69, 9.17) is 17.3 Å². The topological polar surface area (TPSA) is 46.3 Å². The molecular formula is C16H23ClN2O. The van der Waals surface area contributed by atoms with Crippen LogP contribution in [0.1, 0.15) is 39.5 Å². The SMILES string of the molecule is CN(C(=O)C1CCCCC1(C)C)c1cc(Cl)ccc1N. The molecule has 1 aromatic rings. The molecule has 2 rings (SSSR count). The average Bonchev–Trinajstić information content (AvgIpc) is 2.39. The highest BCUT2D eigenvalue weighted by atomic mass is 35.5. The zero-order valence-electron chi connectivity index (χ0n) is 12.4. The van der Waals surface area contributed by atoms with Crippen molar-refractivity contribution in [3.05, 3.63) is 23.2 Å². The summed E-state index contributed by atoms with van der Waals surface area (Å²) in [5.74, 6) is 0.197. The Balaban J connectivity index is 2.26. The second-order valence-corrected chi connectivity index (χ2v) is 6.82. The Bertz CT molecular complexity index is 513. The third-order valence-corrected chi connectivity index (χ3v) is 4.72. The molecule has 0 radical (unpaired) electrons. The van der Waals surface area contributed by atoms with E-state index in [9.17, 15) is 4.79 Å². The third kappa shape index (κ3) is 2.93. The molecule has 0 saturated heterocycles. The molecule has 110 valence electrons. The molecule has 0 aliphatic heterocycles. The number of nitrogen functional groups attached to an aromatic ring is 1. The highest BCUT2D eigenvalue weighted by Gasteiger charge is 2.38. The van der Waals surface area contributed by atoms with Crippen LogP contribution in [0.5, 0.6) is 0 Å². The Hall–Kier alpha value is -1.22. The first-order valence-corrected chi connectivity index (χ1v) is 7.53. The van der Waals surface area contributed by atoms with Gasteiger partial charge >= 0.3 is 0 Å². The minimum absolute atomic E-state index is 0.0525. The lowest BCUT2D eigenvalue weighted by atomic mass is 9.68. The van der Waals surface area contributed by atoms with Gasteiger partial charge in [0, 0.05) is 18.0 Å². The predicted octanol–water partition coefficient (Wildman–Crippen LogP) is 4.10. The Morgan fingerprint density at radius 3 is 2.75 bits per heavy atom. The predicted molar refractivity (Wildman–Crippen MR) is 85.0 cm³/mol. The van der Waals surface area contributed by atoms with Crippen molar-refractivity contribution in [2.45, 2.75) is 39.5 Å². The van der Waals surface area contributed by atoms with Crippen molar-refractivity contribution in [2.24, 2.45) is 11.3 Å². The van der Waals surface area contributed by atoms with Gasteiger partial charge in [-0.05, 0) is 36.5 Å². The van der Waals surface area contributed by atoms with Crippen molar-refractivity contribution >= 4 is 28.9 Å². The first-order valence-electron chi connectivity index (χ1n) is 7.15. The van der Waals surface area contributed by atoms with Crippen molar-refractivity contribution in [1.29, 1.82) is 0 Å². The second-order valence-electron chi connectivity index (χ2n) is 6.39. The zero-order chi connectivity index (χ0) is 14.9. The fourth-order valence-electron chi connectivity index (χ4n) is 3.11. The molecule has 1 aliphatic carbocycles. The van der Waals surface area contributed by atoms with Gasteiger partial charge in [0.1, 0.15) is 0 Å². The number of hydrogen-bond donors (Lipinski definition) is 1. The van der Waals surface area contributed by atoms with Crippen LogP contribution in [0, 0.1) is 11.3 Å². The number of anilines is 2. The molecule has 1 aromatic carbocycles. The van der Waals surface area contributed by atoms with Crippen LogP contribution in [0.2, 0.25) is 5.02 Å². The molecule has 1 amide bonds. The summed E-state index contributed by atoms with van der Waals surface area (Å²) < 4.78 is 0. The van der Waals surface area contributed by atoms with E-state index < -0.39 is 0 Å². The molecule has 20 heavy (non-hydrogen) atoms. The first kappa shape index (κ1) is 15.2. The molecule has 4 heteroatoms. The molecule has 1 aliphatic rings. The summed E-state index contributed by atoms with van der Waals surface area (Å²) >= 11 is 6.01. The fraction of sp³-hybridized carbons (Fsp3) is 0.562. The van der Waals surface area contributed by atoms with Crippen LogP contribution in [0.25, 0.3) is 0 Å². The van der Waals surface area contributed by atoms with E-state index in [-0.39, 0.29) is 17.2 Å². The molecule has 1 fully saturated rings. The Labute approximate surface area is 126 Å². The van der Waals surface area contributed by atoms with Crippen molar-refractivity contribution in [3.8, 4) is 0 Å². The molecule has 0 spiro atoms. The molecular weight excluding hydrogens is 272 g/mol. The van der Waals surface area contributed by atoms with E-state index in [0.29, 0.717) is 16.4 Å². The lowest BCUT2D eigenvalue weighted by molar-refractivity contribution is -0.127. The maximum absolute atomic E-state index is 12.8. The number of nitrogens with zero attached hydrogens (tertiary/aromatic N) is 1. The number of carbonyl (C=O) groups is 1. The number of benzene rings is 1. The van der Waals surface area contributed by atoms with Gasteiger partial charge < -0.3 is 10.6 Å². The maximum atomic E-state index is 12.8. The molecule has 1 atom stereocenters. The fourth-order valence-corrected chi connectivity index (χ4v) is 3.28. The third-order valence-electron chi connectivity index (χ3n) is 4.49. The Kier molecular flexibility index (Phi) is 4.28. The summed E-state index contributed by atoms with van der Waals surface area (Å²) in [6, 6.07) is 5.24. The summed E-state index contributed by atoms with van der Waals surface area (Å²) in [6.07, 6.45) is 4.39. The van der Waals surface area contributed by atoms with Crippen LogP contribution in [0.4, 0.5) is 11.4 Å². The van der Waals surface area contributed by atoms with Crippen molar-refractivity contribution in [2.75, 3.05) is 17.7 Å². The number of halogens is 1. The highest BCUT2D eigenvalue weighted by molar-refractivity contribution is 6.31. The molecule has 0 bridgehead atoms. The number of nitrogens with two attached hydrogens (primary N) is 1. The standard InChI is InChI=1S/C16H23ClN2O/c1-16(2)9-5-4-6-12(16)15(20)19(3)14-10-11(17)7-8-13(14)18/h7-8,10,12H,4-6,9,18H2,1-3H3. The van der Waals surface area contributed by atoms with Crippen LogP contribution >= 0.6 is 11.6 Å². The number of amides is 1. The Morgan fingerprint density at radius 2 is 2.10 bits per heavy atom. The van der Waals surface area contributed by atoms with Gasteiger partial charge in [0.25, 0.3) is 0 Å². The van der Waals surface area contributed by atoms with Crippen molar-refractivity contribution in [1.82, 2.24) is 0 Å². The van der Waals surface area contributed by atoms with Crippen LogP contribution in [-0.4, -0.2) is 13.0 Å². The maximum Gasteiger partial charge on any atom is 0.230 e. The van der Waals surface area contributed by atoms with Crippen LogP contribution in [-0.2, 0) is 4.79 Å². The molecule has 2 N–H and O–H groups in total. The van der Waals surface area contributed by atoms with Gasteiger partial charge in [-0.3, -0.25) is 4.79 Å². The zero-order valence-corrected chi connectivity index (χ0v) is 13.2. The van der Waals surface area contributed by atoms with Gasteiger partial charge in [-0.1, -0.05) is 38.3 Å². The van der Waals surface area contributed by atoms with Gasteiger partial charge in [-0.25, -0.2) is 0 Å². The monoisotopic (exact) mass is 294 g/mol. The number of rotatable bonds is 2. The van der Waals surface area contributed by atoms with Crippen LogP contribution < -0.4 is 10.6 Å². The number of carbonyl (C=O) groups excluding carboxylic acids is 1. The molecule has 0 heterocycles. The number of hydrogen-bond acceptors (Lipinski definition) is 2. The summed E-state index contributed by atoms with van der Waals surface area (Å²) in [7, 11) is 1.79. The van der Waals surface area contributed by atoms with Gasteiger partial charge in [-0.15, -0.1) is 0 Å². The van der Waals surface area contributed by atoms with Gasteiger partial charge in [0.2, 0.25) is 5.91 Å². The van der Waals surface area contributed by atoms with Gasteiger partial charge in [0.05, 0.1) is 11.4 Å². The minimum Gasteiger partial charge on any atom is -0.397 e.